The molecule has 0 atom stereocenters. The zero-order valence-corrected chi connectivity index (χ0v) is 10.4. The van der Waals surface area contributed by atoms with E-state index in [0.717, 1.165) is 21.9 Å². The van der Waals surface area contributed by atoms with E-state index in [-0.39, 0.29) is 0 Å². The maximum atomic E-state index is 5.92. The molecular formula is C14H10N6. The second kappa shape index (κ2) is 3.99. The average molecular weight is 262 g/mol. The zero-order chi connectivity index (χ0) is 13.5. The van der Waals surface area contributed by atoms with Gasteiger partial charge >= 0.3 is 0 Å². The normalized spacial score (nSPS) is 11.2. The lowest BCUT2D eigenvalue weighted by Crippen LogP contribution is -1.97. The Labute approximate surface area is 113 Å². The van der Waals surface area contributed by atoms with E-state index in [4.69, 9.17) is 5.73 Å². The summed E-state index contributed by atoms with van der Waals surface area (Å²) in [5, 5.41) is 8.49. The lowest BCUT2D eigenvalue weighted by molar-refractivity contribution is 1.09. The molecule has 0 aliphatic carbocycles. The quantitative estimate of drug-likeness (QED) is 0.548. The molecule has 20 heavy (non-hydrogen) atoms. The number of aromatic nitrogens is 5. The van der Waals surface area contributed by atoms with Gasteiger partial charge in [-0.2, -0.15) is 5.10 Å². The smallest absolute Gasteiger partial charge is 0.165 e. The van der Waals surface area contributed by atoms with E-state index in [9.17, 15) is 0 Å². The number of fused-ring (bicyclic) bond motifs is 2. The van der Waals surface area contributed by atoms with Crippen LogP contribution in [0, 0.1) is 0 Å². The van der Waals surface area contributed by atoms with Crippen molar-refractivity contribution in [1.29, 1.82) is 0 Å². The molecule has 0 unspecified atom stereocenters. The fraction of sp³-hybridized carbons (Fsp3) is 0. The third kappa shape index (κ3) is 1.58. The van der Waals surface area contributed by atoms with E-state index in [0.29, 0.717) is 17.3 Å². The molecule has 3 heterocycles. The van der Waals surface area contributed by atoms with Crippen LogP contribution in [-0.2, 0) is 0 Å². The molecule has 96 valence electrons. The van der Waals surface area contributed by atoms with E-state index < -0.39 is 0 Å². The first-order valence-corrected chi connectivity index (χ1v) is 6.13. The van der Waals surface area contributed by atoms with Gasteiger partial charge in [0.25, 0.3) is 0 Å². The standard InChI is InChI=1S/C14H10N6/c15-12-10-7-17-20-14(10)19-13(18-12)9-5-8-3-1-2-4-11(8)16-6-9/h1-7H,(H3,15,17,18,19,20). The van der Waals surface area contributed by atoms with E-state index in [1.54, 1.807) is 12.4 Å². The van der Waals surface area contributed by atoms with Crippen molar-refractivity contribution >= 4 is 27.8 Å². The van der Waals surface area contributed by atoms with Crippen LogP contribution in [0.25, 0.3) is 33.3 Å². The number of hydrogen-bond donors (Lipinski definition) is 2. The molecule has 0 saturated heterocycles. The number of rotatable bonds is 1. The van der Waals surface area contributed by atoms with Crippen molar-refractivity contribution in [2.24, 2.45) is 0 Å². The number of para-hydroxylation sites is 1. The van der Waals surface area contributed by atoms with Gasteiger partial charge in [-0.3, -0.25) is 10.1 Å². The number of pyridine rings is 1. The number of aromatic amines is 1. The first-order valence-electron chi connectivity index (χ1n) is 6.13. The molecule has 0 radical (unpaired) electrons. The minimum atomic E-state index is 0.409. The molecule has 4 aromatic rings. The summed E-state index contributed by atoms with van der Waals surface area (Å²) in [4.78, 5) is 13.1. The third-order valence-corrected chi connectivity index (χ3v) is 3.19. The highest BCUT2D eigenvalue weighted by molar-refractivity contribution is 5.87. The van der Waals surface area contributed by atoms with Crippen molar-refractivity contribution < 1.29 is 0 Å². The molecule has 6 heteroatoms. The van der Waals surface area contributed by atoms with Crippen LogP contribution >= 0.6 is 0 Å². The second-order valence-electron chi connectivity index (χ2n) is 4.48. The summed E-state index contributed by atoms with van der Waals surface area (Å²) in [5.41, 5.74) is 8.31. The summed E-state index contributed by atoms with van der Waals surface area (Å²) in [7, 11) is 0. The first kappa shape index (κ1) is 10.9. The van der Waals surface area contributed by atoms with E-state index >= 15 is 0 Å². The number of nitrogens with two attached hydrogens (primary N) is 1. The summed E-state index contributed by atoms with van der Waals surface area (Å²) in [5.74, 6) is 0.949. The number of H-pyrrole nitrogens is 1. The Bertz CT molecular complexity index is 927. The highest BCUT2D eigenvalue weighted by atomic mass is 15.2. The Hall–Kier alpha value is -3.02. The molecule has 0 aliphatic rings. The van der Waals surface area contributed by atoms with Gasteiger partial charge < -0.3 is 5.73 Å². The van der Waals surface area contributed by atoms with Gasteiger partial charge in [0.05, 0.1) is 17.1 Å². The summed E-state index contributed by atoms with van der Waals surface area (Å²) in [6.07, 6.45) is 3.37. The predicted octanol–water partition coefficient (Wildman–Crippen LogP) is 2.15. The van der Waals surface area contributed by atoms with E-state index in [1.807, 2.05) is 30.3 Å². The van der Waals surface area contributed by atoms with Crippen LogP contribution in [0.3, 0.4) is 0 Å². The second-order valence-corrected chi connectivity index (χ2v) is 4.48. The largest absolute Gasteiger partial charge is 0.383 e. The number of nitrogens with one attached hydrogen (secondary N) is 1. The molecule has 0 aliphatic heterocycles. The number of anilines is 1. The van der Waals surface area contributed by atoms with E-state index in [2.05, 4.69) is 25.1 Å². The Morgan fingerprint density at radius 1 is 1.05 bits per heavy atom. The lowest BCUT2D eigenvalue weighted by atomic mass is 10.1. The Balaban J connectivity index is 1.95. The van der Waals surface area contributed by atoms with Crippen molar-refractivity contribution in [2.45, 2.75) is 0 Å². The van der Waals surface area contributed by atoms with Crippen molar-refractivity contribution in [3.05, 3.63) is 42.7 Å². The molecule has 0 amide bonds. The molecule has 6 nitrogen and oxygen atoms in total. The molecule has 1 aromatic carbocycles. The van der Waals surface area contributed by atoms with Gasteiger partial charge in [0.15, 0.2) is 11.5 Å². The van der Waals surface area contributed by atoms with Crippen LogP contribution in [-0.4, -0.2) is 25.1 Å². The van der Waals surface area contributed by atoms with Crippen LogP contribution in [0.5, 0.6) is 0 Å². The van der Waals surface area contributed by atoms with Gasteiger partial charge in [-0.05, 0) is 12.1 Å². The van der Waals surface area contributed by atoms with Gasteiger partial charge in [-0.1, -0.05) is 18.2 Å². The summed E-state index contributed by atoms with van der Waals surface area (Å²) in [6, 6.07) is 9.90. The van der Waals surface area contributed by atoms with Crippen molar-refractivity contribution in [2.75, 3.05) is 5.73 Å². The molecule has 0 spiro atoms. The van der Waals surface area contributed by atoms with Crippen LogP contribution < -0.4 is 5.73 Å². The molecule has 0 saturated carbocycles. The van der Waals surface area contributed by atoms with Gasteiger partial charge in [0.1, 0.15) is 5.82 Å². The predicted molar refractivity (Wildman–Crippen MR) is 76.8 cm³/mol. The maximum Gasteiger partial charge on any atom is 0.165 e. The fourth-order valence-corrected chi connectivity index (χ4v) is 2.18. The van der Waals surface area contributed by atoms with Crippen molar-refractivity contribution in [1.82, 2.24) is 25.1 Å². The number of benzene rings is 1. The van der Waals surface area contributed by atoms with Crippen molar-refractivity contribution in [3.8, 4) is 11.4 Å². The molecular weight excluding hydrogens is 252 g/mol. The number of nitrogens with zero attached hydrogens (tertiary/aromatic N) is 4. The monoisotopic (exact) mass is 262 g/mol. The molecule has 3 N–H and O–H groups in total. The lowest BCUT2D eigenvalue weighted by Gasteiger charge is -2.03. The van der Waals surface area contributed by atoms with Crippen LogP contribution in [0.2, 0.25) is 0 Å². The van der Waals surface area contributed by atoms with Crippen LogP contribution in [0.15, 0.2) is 42.7 Å². The number of hydrogen-bond acceptors (Lipinski definition) is 5. The molecule has 4 rings (SSSR count). The third-order valence-electron chi connectivity index (χ3n) is 3.19. The SMILES string of the molecule is Nc1nc(-c2cnc3ccccc3c2)nc2[nH]ncc12. The van der Waals surface area contributed by atoms with Gasteiger partial charge in [-0.25, -0.2) is 9.97 Å². The minimum Gasteiger partial charge on any atom is -0.383 e. The van der Waals surface area contributed by atoms with Gasteiger partial charge in [-0.15, -0.1) is 0 Å². The van der Waals surface area contributed by atoms with Crippen LogP contribution in [0.1, 0.15) is 0 Å². The van der Waals surface area contributed by atoms with Gasteiger partial charge in [0, 0.05) is 17.1 Å². The highest BCUT2D eigenvalue weighted by Crippen LogP contribution is 2.23. The Morgan fingerprint density at radius 2 is 1.95 bits per heavy atom. The zero-order valence-electron chi connectivity index (χ0n) is 10.4. The fourth-order valence-electron chi connectivity index (χ4n) is 2.18. The van der Waals surface area contributed by atoms with E-state index in [1.165, 1.54) is 0 Å². The Kier molecular flexibility index (Phi) is 2.17. The van der Waals surface area contributed by atoms with Crippen LogP contribution in [0.4, 0.5) is 5.82 Å². The maximum absolute atomic E-state index is 5.92. The summed E-state index contributed by atoms with van der Waals surface area (Å²) < 4.78 is 0. The highest BCUT2D eigenvalue weighted by Gasteiger charge is 2.09. The Morgan fingerprint density at radius 3 is 2.90 bits per heavy atom. The minimum absolute atomic E-state index is 0.409. The summed E-state index contributed by atoms with van der Waals surface area (Å²) >= 11 is 0. The molecule has 3 aromatic heterocycles. The van der Waals surface area contributed by atoms with Gasteiger partial charge in [0.2, 0.25) is 0 Å². The first-order chi connectivity index (χ1) is 9.81. The molecule has 0 fully saturated rings. The van der Waals surface area contributed by atoms with Crippen molar-refractivity contribution in [3.63, 3.8) is 0 Å². The molecule has 0 bridgehead atoms. The average Bonchev–Trinajstić information content (AvgIpc) is 2.96. The number of nitrogen functional groups attached to an aromatic ring is 1. The summed E-state index contributed by atoms with van der Waals surface area (Å²) in [6.45, 7) is 0. The topological polar surface area (TPSA) is 93.4 Å².